The molecule has 56 valence electrons. The van der Waals surface area contributed by atoms with Crippen molar-refractivity contribution in [3.8, 4) is 5.75 Å². The fourth-order valence-corrected chi connectivity index (χ4v) is 0.913. The van der Waals surface area contributed by atoms with Crippen LogP contribution in [0.15, 0.2) is 12.1 Å². The van der Waals surface area contributed by atoms with E-state index in [1.807, 2.05) is 0 Å². The Labute approximate surface area is 66.6 Å². The quantitative estimate of drug-likeness (QED) is 0.541. The van der Waals surface area contributed by atoms with Gasteiger partial charge in [-0.3, -0.25) is 0 Å². The van der Waals surface area contributed by atoms with Crippen LogP contribution in [-0.4, -0.2) is 15.0 Å². The van der Waals surface area contributed by atoms with Crippen molar-refractivity contribution in [1.82, 2.24) is 0 Å². The molecule has 0 N–H and O–H groups in total. The van der Waals surface area contributed by atoms with Gasteiger partial charge in [0.05, 0.1) is 7.11 Å². The van der Waals surface area contributed by atoms with E-state index in [-0.39, 0.29) is 11.6 Å². The van der Waals surface area contributed by atoms with Gasteiger partial charge in [0.25, 0.3) is 0 Å². The zero-order valence-corrected chi connectivity index (χ0v) is 6.52. The summed E-state index contributed by atoms with van der Waals surface area (Å²) >= 11 is 0. The summed E-state index contributed by atoms with van der Waals surface area (Å²) in [6.45, 7) is 1.65. The van der Waals surface area contributed by atoms with E-state index in [1.54, 1.807) is 13.0 Å². The first kappa shape index (κ1) is 8.11. The Bertz CT molecular complexity index is 273. The Morgan fingerprint density at radius 3 is 2.64 bits per heavy atom. The molecule has 1 aromatic rings. The first-order valence-electron chi connectivity index (χ1n) is 3.24. The Kier molecular flexibility index (Phi) is 2.18. The molecule has 1 nitrogen and oxygen atoms in total. The molecule has 0 saturated carbocycles. The molecule has 2 radical (unpaired) electrons. The third-order valence-corrected chi connectivity index (χ3v) is 1.46. The van der Waals surface area contributed by atoms with E-state index in [0.29, 0.717) is 11.0 Å². The lowest BCUT2D eigenvalue weighted by atomic mass is 9.94. The van der Waals surface area contributed by atoms with Gasteiger partial charge in [-0.1, -0.05) is 11.5 Å². The summed E-state index contributed by atoms with van der Waals surface area (Å²) < 4.78 is 17.8. The molecule has 11 heavy (non-hydrogen) atoms. The number of aryl methyl sites for hydroxylation is 1. The molecule has 1 rings (SSSR count). The summed E-state index contributed by atoms with van der Waals surface area (Å²) in [5.74, 6) is -0.149. The lowest BCUT2D eigenvalue weighted by Gasteiger charge is -2.05. The van der Waals surface area contributed by atoms with Crippen LogP contribution in [0.1, 0.15) is 5.56 Å². The normalized spacial score (nSPS) is 9.73. The molecule has 3 heteroatoms. The second kappa shape index (κ2) is 2.95. The standard InChI is InChI=1S/C8H8BFO/c1-5-3-6(9)4-7(11-2)8(5)10/h3-4H,1-2H3. The third-order valence-electron chi connectivity index (χ3n) is 1.46. The van der Waals surface area contributed by atoms with Crippen LogP contribution in [0.25, 0.3) is 0 Å². The SMILES string of the molecule is [B]c1cc(C)c(F)c(OC)c1. The fraction of sp³-hybridized carbons (Fsp3) is 0.250. The summed E-state index contributed by atoms with van der Waals surface area (Å²) in [5, 5.41) is 0. The molecule has 0 aliphatic heterocycles. The van der Waals surface area contributed by atoms with Crippen molar-refractivity contribution < 1.29 is 9.13 Å². The van der Waals surface area contributed by atoms with E-state index < -0.39 is 0 Å². The van der Waals surface area contributed by atoms with Gasteiger partial charge >= 0.3 is 0 Å². The lowest BCUT2D eigenvalue weighted by Crippen LogP contribution is -2.05. The second-order valence-electron chi connectivity index (χ2n) is 2.35. The van der Waals surface area contributed by atoms with Crippen LogP contribution in [0, 0.1) is 12.7 Å². The first-order valence-corrected chi connectivity index (χ1v) is 3.24. The van der Waals surface area contributed by atoms with Gasteiger partial charge in [-0.05, 0) is 18.6 Å². The van der Waals surface area contributed by atoms with Crippen LogP contribution in [0.2, 0.25) is 0 Å². The summed E-state index contributed by atoms with van der Waals surface area (Å²) in [5.41, 5.74) is 1.02. The molecule has 0 atom stereocenters. The number of ether oxygens (including phenoxy) is 1. The van der Waals surface area contributed by atoms with Gasteiger partial charge in [-0.2, -0.15) is 0 Å². The molecule has 0 spiro atoms. The van der Waals surface area contributed by atoms with Crippen molar-refractivity contribution in [1.29, 1.82) is 0 Å². The predicted octanol–water partition coefficient (Wildman–Crippen LogP) is 0.937. The number of rotatable bonds is 1. The summed E-state index contributed by atoms with van der Waals surface area (Å²) in [4.78, 5) is 0. The molecule has 0 amide bonds. The van der Waals surface area contributed by atoms with E-state index in [0.717, 1.165) is 0 Å². The van der Waals surface area contributed by atoms with Crippen LogP contribution in [0.4, 0.5) is 4.39 Å². The highest BCUT2D eigenvalue weighted by Crippen LogP contribution is 2.17. The number of hydrogen-bond donors (Lipinski definition) is 0. The number of halogens is 1. The van der Waals surface area contributed by atoms with Crippen molar-refractivity contribution in [3.05, 3.63) is 23.5 Å². The van der Waals surface area contributed by atoms with E-state index in [4.69, 9.17) is 12.6 Å². The zero-order valence-electron chi connectivity index (χ0n) is 6.52. The Balaban J connectivity index is 3.24. The Morgan fingerprint density at radius 2 is 2.09 bits per heavy atom. The minimum Gasteiger partial charge on any atom is -0.494 e. The highest BCUT2D eigenvalue weighted by Gasteiger charge is 2.04. The second-order valence-corrected chi connectivity index (χ2v) is 2.35. The van der Waals surface area contributed by atoms with E-state index in [9.17, 15) is 4.39 Å². The van der Waals surface area contributed by atoms with Crippen molar-refractivity contribution in [3.63, 3.8) is 0 Å². The van der Waals surface area contributed by atoms with Gasteiger partial charge in [-0.25, -0.2) is 4.39 Å². The van der Waals surface area contributed by atoms with Gasteiger partial charge in [-0.15, -0.1) is 0 Å². The maximum Gasteiger partial charge on any atom is 0.167 e. The van der Waals surface area contributed by atoms with Gasteiger partial charge in [0, 0.05) is 0 Å². The van der Waals surface area contributed by atoms with Crippen molar-refractivity contribution >= 4 is 13.3 Å². The predicted molar refractivity (Wildman–Crippen MR) is 43.1 cm³/mol. The van der Waals surface area contributed by atoms with Crippen molar-refractivity contribution in [2.24, 2.45) is 0 Å². The van der Waals surface area contributed by atoms with Crippen LogP contribution >= 0.6 is 0 Å². The molecule has 0 heterocycles. The highest BCUT2D eigenvalue weighted by atomic mass is 19.1. The smallest absolute Gasteiger partial charge is 0.167 e. The monoisotopic (exact) mass is 150 g/mol. The molecular weight excluding hydrogens is 142 g/mol. The highest BCUT2D eigenvalue weighted by molar-refractivity contribution is 6.32. The van der Waals surface area contributed by atoms with Crippen LogP contribution in [-0.2, 0) is 0 Å². The average Bonchev–Trinajstić information content (AvgIpc) is 1.96. The summed E-state index contributed by atoms with van der Waals surface area (Å²) in [7, 11) is 6.87. The summed E-state index contributed by atoms with van der Waals surface area (Å²) in [6.07, 6.45) is 0. The van der Waals surface area contributed by atoms with Gasteiger partial charge in [0.1, 0.15) is 7.85 Å². The minimum atomic E-state index is -0.346. The summed E-state index contributed by atoms with van der Waals surface area (Å²) in [6, 6.07) is 3.03. The molecule has 0 aromatic heterocycles. The van der Waals surface area contributed by atoms with Crippen LogP contribution in [0.5, 0.6) is 5.75 Å². The number of benzene rings is 1. The van der Waals surface area contributed by atoms with Crippen LogP contribution in [0.3, 0.4) is 0 Å². The van der Waals surface area contributed by atoms with Crippen molar-refractivity contribution in [2.75, 3.05) is 7.11 Å². The third kappa shape index (κ3) is 1.53. The zero-order chi connectivity index (χ0) is 8.43. The fourth-order valence-electron chi connectivity index (χ4n) is 0.913. The number of hydrogen-bond acceptors (Lipinski definition) is 1. The average molecular weight is 150 g/mol. The maximum absolute atomic E-state index is 13.0. The van der Waals surface area contributed by atoms with Crippen LogP contribution < -0.4 is 10.2 Å². The van der Waals surface area contributed by atoms with Gasteiger partial charge in [0.15, 0.2) is 11.6 Å². The molecule has 0 bridgehead atoms. The number of methoxy groups -OCH3 is 1. The molecule has 0 unspecified atom stereocenters. The first-order chi connectivity index (χ1) is 5.15. The lowest BCUT2D eigenvalue weighted by molar-refractivity contribution is 0.385. The molecule has 1 aromatic carbocycles. The van der Waals surface area contributed by atoms with Crippen molar-refractivity contribution in [2.45, 2.75) is 6.92 Å². The Morgan fingerprint density at radius 1 is 1.45 bits per heavy atom. The largest absolute Gasteiger partial charge is 0.494 e. The maximum atomic E-state index is 13.0. The van der Waals surface area contributed by atoms with Gasteiger partial charge in [0.2, 0.25) is 0 Å². The molecule has 0 aliphatic carbocycles. The van der Waals surface area contributed by atoms with E-state index >= 15 is 0 Å². The molecular formula is C8H8BFO. The van der Waals surface area contributed by atoms with E-state index in [1.165, 1.54) is 13.2 Å². The molecule has 0 saturated heterocycles. The van der Waals surface area contributed by atoms with E-state index in [2.05, 4.69) is 0 Å². The minimum absolute atomic E-state index is 0.197. The Hall–Kier alpha value is -0.985. The topological polar surface area (TPSA) is 9.23 Å². The van der Waals surface area contributed by atoms with Gasteiger partial charge < -0.3 is 4.74 Å². The molecule has 0 fully saturated rings. The molecule has 0 aliphatic rings.